The molecule has 2 heterocycles. The highest BCUT2D eigenvalue weighted by Crippen LogP contribution is 2.26. The molecule has 2 aliphatic rings. The van der Waals surface area contributed by atoms with Gasteiger partial charge in [0, 0.05) is 25.7 Å². The summed E-state index contributed by atoms with van der Waals surface area (Å²) in [5.41, 5.74) is 0. The molecule has 0 aromatic heterocycles. The van der Waals surface area contributed by atoms with E-state index in [1.807, 2.05) is 0 Å². The maximum absolute atomic E-state index is 11.8. The van der Waals surface area contributed by atoms with E-state index < -0.39 is 5.97 Å². The van der Waals surface area contributed by atoms with E-state index in [9.17, 15) is 14.7 Å². The molecule has 0 bridgehead atoms. The number of carbonyl (C=O) groups excluding carboxylic acids is 1. The molecular formula is C14H23N3O3. The predicted octanol–water partition coefficient (Wildman–Crippen LogP) is 0.895. The van der Waals surface area contributed by atoms with Crippen LogP contribution in [-0.2, 0) is 4.79 Å². The maximum Gasteiger partial charge on any atom is 0.320 e. The largest absolute Gasteiger partial charge is 0.480 e. The first-order valence-electron chi connectivity index (χ1n) is 7.25. The Kier molecular flexibility index (Phi) is 5.00. The third-order valence-corrected chi connectivity index (χ3v) is 4.20. The van der Waals surface area contributed by atoms with Crippen LogP contribution < -0.4 is 5.32 Å². The number of nitrogens with zero attached hydrogens (tertiary/aromatic N) is 2. The lowest BCUT2D eigenvalue weighted by Crippen LogP contribution is -2.51. The van der Waals surface area contributed by atoms with Crippen LogP contribution in [0.3, 0.4) is 0 Å². The lowest BCUT2D eigenvalue weighted by atomic mass is 10.0. The van der Waals surface area contributed by atoms with Crippen molar-refractivity contribution >= 4 is 12.0 Å². The van der Waals surface area contributed by atoms with Crippen molar-refractivity contribution in [3.63, 3.8) is 0 Å². The van der Waals surface area contributed by atoms with Crippen molar-refractivity contribution in [3.8, 4) is 0 Å². The van der Waals surface area contributed by atoms with Crippen molar-refractivity contribution in [1.29, 1.82) is 0 Å². The van der Waals surface area contributed by atoms with Crippen LogP contribution in [0.1, 0.15) is 25.7 Å². The van der Waals surface area contributed by atoms with Crippen LogP contribution in [0.15, 0.2) is 12.7 Å². The number of aliphatic carboxylic acids is 1. The minimum Gasteiger partial charge on any atom is -0.480 e. The van der Waals surface area contributed by atoms with Gasteiger partial charge in [0.1, 0.15) is 6.04 Å². The first kappa shape index (κ1) is 14.8. The van der Waals surface area contributed by atoms with Gasteiger partial charge >= 0.3 is 12.0 Å². The third kappa shape index (κ3) is 3.30. The molecule has 112 valence electrons. The number of carboxylic acids is 1. The van der Waals surface area contributed by atoms with Gasteiger partial charge in [-0.1, -0.05) is 6.08 Å². The Morgan fingerprint density at radius 2 is 1.95 bits per heavy atom. The Bertz CT molecular complexity index is 378. The molecule has 0 aliphatic carbocycles. The van der Waals surface area contributed by atoms with Gasteiger partial charge in [-0.15, -0.1) is 6.58 Å². The molecule has 2 N–H and O–H groups in total. The smallest absolute Gasteiger partial charge is 0.320 e. The Balaban J connectivity index is 1.83. The van der Waals surface area contributed by atoms with Gasteiger partial charge in [-0.25, -0.2) is 4.79 Å². The average Bonchev–Trinajstić information content (AvgIpc) is 2.94. The number of likely N-dealkylation sites (tertiary alicyclic amines) is 2. The van der Waals surface area contributed by atoms with E-state index >= 15 is 0 Å². The first-order valence-corrected chi connectivity index (χ1v) is 7.25. The van der Waals surface area contributed by atoms with Crippen LogP contribution in [0.25, 0.3) is 0 Å². The number of nitrogens with one attached hydrogen (secondary N) is 1. The first-order chi connectivity index (χ1) is 9.63. The summed E-state index contributed by atoms with van der Waals surface area (Å²) in [6.45, 7) is 6.30. The molecule has 2 aliphatic heterocycles. The standard InChI is InChI=1S/C14H23N3O3/c1-2-7-15-14(20)16-9-5-11(6-10-16)17-8-3-4-12(17)13(18)19/h2,11-12H,1,3-10H2,(H,15,20)(H,18,19). The highest BCUT2D eigenvalue weighted by Gasteiger charge is 2.37. The summed E-state index contributed by atoms with van der Waals surface area (Å²) in [5, 5.41) is 12.0. The summed E-state index contributed by atoms with van der Waals surface area (Å²) in [7, 11) is 0. The second-order valence-electron chi connectivity index (χ2n) is 5.43. The fraction of sp³-hybridized carbons (Fsp3) is 0.714. The van der Waals surface area contributed by atoms with Gasteiger partial charge in [-0.3, -0.25) is 9.69 Å². The quantitative estimate of drug-likeness (QED) is 0.751. The van der Waals surface area contributed by atoms with E-state index in [-0.39, 0.29) is 12.1 Å². The van der Waals surface area contributed by atoms with Crippen molar-refractivity contribution in [2.75, 3.05) is 26.2 Å². The summed E-state index contributed by atoms with van der Waals surface area (Å²) in [5.74, 6) is -0.714. The highest BCUT2D eigenvalue weighted by atomic mass is 16.4. The van der Waals surface area contributed by atoms with Gasteiger partial charge in [0.05, 0.1) is 0 Å². The lowest BCUT2D eigenvalue weighted by Gasteiger charge is -2.38. The van der Waals surface area contributed by atoms with Crippen molar-refractivity contribution in [2.45, 2.75) is 37.8 Å². The summed E-state index contributed by atoms with van der Waals surface area (Å²) in [6.07, 6.45) is 5.06. The molecule has 0 radical (unpaired) electrons. The van der Waals surface area contributed by atoms with Gasteiger partial charge in [0.25, 0.3) is 0 Å². The van der Waals surface area contributed by atoms with E-state index in [1.54, 1.807) is 11.0 Å². The van der Waals surface area contributed by atoms with E-state index in [0.29, 0.717) is 25.7 Å². The van der Waals surface area contributed by atoms with Crippen LogP contribution in [0, 0.1) is 0 Å². The molecule has 20 heavy (non-hydrogen) atoms. The number of hydrogen-bond acceptors (Lipinski definition) is 3. The highest BCUT2D eigenvalue weighted by molar-refractivity contribution is 5.74. The Labute approximate surface area is 119 Å². The molecule has 6 nitrogen and oxygen atoms in total. The van der Waals surface area contributed by atoms with Crippen molar-refractivity contribution in [1.82, 2.24) is 15.1 Å². The molecule has 1 atom stereocenters. The number of hydrogen-bond donors (Lipinski definition) is 2. The molecule has 2 amide bonds. The number of carboxylic acid groups (broad SMARTS) is 1. The number of piperidine rings is 1. The maximum atomic E-state index is 11.8. The molecule has 0 aromatic rings. The number of amides is 2. The lowest BCUT2D eigenvalue weighted by molar-refractivity contribution is -0.143. The van der Waals surface area contributed by atoms with Gasteiger partial charge in [-0.05, 0) is 32.2 Å². The molecule has 0 aromatic carbocycles. The minimum absolute atomic E-state index is 0.0560. The SMILES string of the molecule is C=CCNC(=O)N1CCC(N2CCCC2C(=O)O)CC1. The molecule has 0 saturated carbocycles. The summed E-state index contributed by atoms with van der Waals surface area (Å²) in [6, 6.07) is -0.0947. The number of rotatable bonds is 4. The van der Waals surface area contributed by atoms with Crippen molar-refractivity contribution in [3.05, 3.63) is 12.7 Å². The molecule has 2 rings (SSSR count). The third-order valence-electron chi connectivity index (χ3n) is 4.20. The monoisotopic (exact) mass is 281 g/mol. The molecule has 1 unspecified atom stereocenters. The number of urea groups is 1. The van der Waals surface area contributed by atoms with Gasteiger partial charge in [-0.2, -0.15) is 0 Å². The zero-order valence-corrected chi connectivity index (χ0v) is 11.8. The van der Waals surface area contributed by atoms with Crippen LogP contribution in [0.2, 0.25) is 0 Å². The van der Waals surface area contributed by atoms with Gasteiger partial charge in [0.15, 0.2) is 0 Å². The molecule has 2 fully saturated rings. The summed E-state index contributed by atoms with van der Waals surface area (Å²) in [4.78, 5) is 26.9. The second kappa shape index (κ2) is 6.74. The van der Waals surface area contributed by atoms with E-state index in [0.717, 1.165) is 32.2 Å². The Morgan fingerprint density at radius 1 is 1.25 bits per heavy atom. The molecular weight excluding hydrogens is 258 g/mol. The molecule has 6 heteroatoms. The Hall–Kier alpha value is -1.56. The molecule has 2 saturated heterocycles. The fourth-order valence-corrected chi connectivity index (χ4v) is 3.16. The van der Waals surface area contributed by atoms with E-state index in [1.165, 1.54) is 0 Å². The number of carbonyl (C=O) groups is 2. The van der Waals surface area contributed by atoms with Crippen LogP contribution in [0.4, 0.5) is 4.79 Å². The normalized spacial score (nSPS) is 24.6. The minimum atomic E-state index is -0.714. The summed E-state index contributed by atoms with van der Waals surface area (Å²) >= 11 is 0. The zero-order valence-electron chi connectivity index (χ0n) is 11.8. The summed E-state index contributed by atoms with van der Waals surface area (Å²) < 4.78 is 0. The topological polar surface area (TPSA) is 72.9 Å². The van der Waals surface area contributed by atoms with E-state index in [4.69, 9.17) is 0 Å². The van der Waals surface area contributed by atoms with Crippen LogP contribution >= 0.6 is 0 Å². The van der Waals surface area contributed by atoms with Gasteiger partial charge in [0.2, 0.25) is 0 Å². The van der Waals surface area contributed by atoms with Crippen molar-refractivity contribution < 1.29 is 14.7 Å². The van der Waals surface area contributed by atoms with Crippen LogP contribution in [0.5, 0.6) is 0 Å². The van der Waals surface area contributed by atoms with Crippen LogP contribution in [-0.4, -0.2) is 65.2 Å². The predicted molar refractivity (Wildman–Crippen MR) is 75.6 cm³/mol. The van der Waals surface area contributed by atoms with Crippen molar-refractivity contribution in [2.24, 2.45) is 0 Å². The fourth-order valence-electron chi connectivity index (χ4n) is 3.16. The zero-order chi connectivity index (χ0) is 14.5. The Morgan fingerprint density at radius 3 is 2.55 bits per heavy atom. The second-order valence-corrected chi connectivity index (χ2v) is 5.43. The molecule has 0 spiro atoms. The van der Waals surface area contributed by atoms with Gasteiger partial charge < -0.3 is 15.3 Å². The van der Waals surface area contributed by atoms with E-state index in [2.05, 4.69) is 16.8 Å². The average molecular weight is 281 g/mol.